The van der Waals surface area contributed by atoms with Crippen LogP contribution in [0.15, 0.2) is 0 Å². The van der Waals surface area contributed by atoms with Gasteiger partial charge in [-0.2, -0.15) is 0 Å². The van der Waals surface area contributed by atoms with E-state index in [4.69, 9.17) is 5.73 Å². The highest BCUT2D eigenvalue weighted by Crippen LogP contribution is 2.30. The second kappa shape index (κ2) is 5.50. The van der Waals surface area contributed by atoms with Gasteiger partial charge in [0.1, 0.15) is 0 Å². The summed E-state index contributed by atoms with van der Waals surface area (Å²) in [5.41, 5.74) is 5.90. The second-order valence-electron chi connectivity index (χ2n) is 5.00. The molecule has 1 rings (SSSR count). The number of rotatable bonds is 6. The lowest BCUT2D eigenvalue weighted by Crippen LogP contribution is -2.47. The van der Waals surface area contributed by atoms with E-state index in [-0.39, 0.29) is 17.9 Å². The molecule has 1 aliphatic rings. The fourth-order valence-corrected chi connectivity index (χ4v) is 1.67. The number of carbonyl (C=O) groups is 1. The Balaban J connectivity index is 2.48. The summed E-state index contributed by atoms with van der Waals surface area (Å²) in [6.07, 6.45) is 3.58. The molecule has 1 fully saturated rings. The number of nitrogens with zero attached hydrogens (tertiary/aromatic N) is 1. The standard InChI is InChI=1S/C12H24N2O/c1-4-7-14(8-10-5-6-10)12(15)11(13)9(2)3/h9-11H,4-8,13H2,1-3H3. The van der Waals surface area contributed by atoms with Crippen LogP contribution in [0.1, 0.15) is 40.0 Å². The zero-order valence-corrected chi connectivity index (χ0v) is 10.2. The first-order chi connectivity index (χ1) is 7.06. The molecule has 1 unspecified atom stereocenters. The third-order valence-electron chi connectivity index (χ3n) is 2.98. The molecule has 3 heteroatoms. The van der Waals surface area contributed by atoms with Gasteiger partial charge in [-0.3, -0.25) is 4.79 Å². The minimum Gasteiger partial charge on any atom is -0.341 e. The molecule has 15 heavy (non-hydrogen) atoms. The largest absolute Gasteiger partial charge is 0.341 e. The van der Waals surface area contributed by atoms with Gasteiger partial charge in [0.2, 0.25) is 5.91 Å². The molecule has 0 aliphatic heterocycles. The topological polar surface area (TPSA) is 46.3 Å². The third-order valence-corrected chi connectivity index (χ3v) is 2.98. The van der Waals surface area contributed by atoms with Crippen molar-refractivity contribution in [3.63, 3.8) is 0 Å². The summed E-state index contributed by atoms with van der Waals surface area (Å²) in [4.78, 5) is 14.0. The zero-order chi connectivity index (χ0) is 11.4. The van der Waals surface area contributed by atoms with Crippen LogP contribution in [0.25, 0.3) is 0 Å². The first-order valence-electron chi connectivity index (χ1n) is 6.10. The Morgan fingerprint density at radius 1 is 1.47 bits per heavy atom. The Hall–Kier alpha value is -0.570. The van der Waals surface area contributed by atoms with E-state index in [1.807, 2.05) is 18.7 Å². The van der Waals surface area contributed by atoms with Gasteiger partial charge in [-0.15, -0.1) is 0 Å². The molecule has 3 nitrogen and oxygen atoms in total. The molecule has 0 radical (unpaired) electrons. The molecule has 2 N–H and O–H groups in total. The summed E-state index contributed by atoms with van der Waals surface area (Å²) >= 11 is 0. The smallest absolute Gasteiger partial charge is 0.239 e. The van der Waals surface area contributed by atoms with Crippen LogP contribution in [0.5, 0.6) is 0 Å². The van der Waals surface area contributed by atoms with Crippen molar-refractivity contribution >= 4 is 5.91 Å². The Morgan fingerprint density at radius 3 is 2.47 bits per heavy atom. The van der Waals surface area contributed by atoms with Crippen LogP contribution < -0.4 is 5.73 Å². The molecule has 0 aromatic heterocycles. The average Bonchev–Trinajstić information content (AvgIpc) is 2.98. The lowest BCUT2D eigenvalue weighted by Gasteiger charge is -2.27. The molecule has 1 saturated carbocycles. The van der Waals surface area contributed by atoms with Crippen LogP contribution >= 0.6 is 0 Å². The molecule has 0 aromatic rings. The Kier molecular flexibility index (Phi) is 4.58. The fourth-order valence-electron chi connectivity index (χ4n) is 1.67. The molecular weight excluding hydrogens is 188 g/mol. The van der Waals surface area contributed by atoms with Crippen LogP contribution in [-0.4, -0.2) is 29.9 Å². The van der Waals surface area contributed by atoms with E-state index in [1.54, 1.807) is 0 Å². The van der Waals surface area contributed by atoms with Crippen molar-refractivity contribution in [2.45, 2.75) is 46.1 Å². The van der Waals surface area contributed by atoms with Crippen molar-refractivity contribution in [1.82, 2.24) is 4.90 Å². The van der Waals surface area contributed by atoms with Gasteiger partial charge in [-0.05, 0) is 31.1 Å². The van der Waals surface area contributed by atoms with Crippen molar-refractivity contribution in [3.8, 4) is 0 Å². The molecule has 0 heterocycles. The highest BCUT2D eigenvalue weighted by Gasteiger charge is 2.29. The van der Waals surface area contributed by atoms with E-state index in [0.717, 1.165) is 25.4 Å². The minimum absolute atomic E-state index is 0.138. The fraction of sp³-hybridized carbons (Fsp3) is 0.917. The van der Waals surface area contributed by atoms with Crippen LogP contribution in [-0.2, 0) is 4.79 Å². The molecule has 88 valence electrons. The normalized spacial score (nSPS) is 17.9. The van der Waals surface area contributed by atoms with E-state index in [2.05, 4.69) is 6.92 Å². The number of carbonyl (C=O) groups excluding carboxylic acids is 1. The minimum atomic E-state index is -0.324. The molecular formula is C12H24N2O. The monoisotopic (exact) mass is 212 g/mol. The highest BCUT2D eigenvalue weighted by molar-refractivity contribution is 5.81. The molecule has 0 aromatic carbocycles. The second-order valence-corrected chi connectivity index (χ2v) is 5.00. The van der Waals surface area contributed by atoms with E-state index >= 15 is 0 Å². The van der Waals surface area contributed by atoms with Gasteiger partial charge >= 0.3 is 0 Å². The van der Waals surface area contributed by atoms with Crippen molar-refractivity contribution in [3.05, 3.63) is 0 Å². The predicted molar refractivity (Wildman–Crippen MR) is 62.4 cm³/mol. The van der Waals surface area contributed by atoms with E-state index in [0.29, 0.717) is 0 Å². The predicted octanol–water partition coefficient (Wildman–Crippen LogP) is 1.62. The molecule has 0 spiro atoms. The number of hydrogen-bond donors (Lipinski definition) is 1. The number of amides is 1. The molecule has 1 amide bonds. The van der Waals surface area contributed by atoms with Crippen molar-refractivity contribution in [2.24, 2.45) is 17.6 Å². The lowest BCUT2D eigenvalue weighted by atomic mass is 10.0. The Bertz CT molecular complexity index is 212. The summed E-state index contributed by atoms with van der Waals surface area (Å²) < 4.78 is 0. The maximum absolute atomic E-state index is 12.0. The van der Waals surface area contributed by atoms with Gasteiger partial charge in [-0.1, -0.05) is 20.8 Å². The zero-order valence-electron chi connectivity index (χ0n) is 10.2. The summed E-state index contributed by atoms with van der Waals surface area (Å²) in [7, 11) is 0. The highest BCUT2D eigenvalue weighted by atomic mass is 16.2. The van der Waals surface area contributed by atoms with Gasteiger partial charge in [0.15, 0.2) is 0 Å². The quantitative estimate of drug-likeness (QED) is 0.727. The summed E-state index contributed by atoms with van der Waals surface area (Å²) in [5.74, 6) is 1.12. The van der Waals surface area contributed by atoms with Crippen LogP contribution in [0.4, 0.5) is 0 Å². The van der Waals surface area contributed by atoms with Gasteiger partial charge < -0.3 is 10.6 Å². The van der Waals surface area contributed by atoms with Crippen LogP contribution in [0, 0.1) is 11.8 Å². The first kappa shape index (κ1) is 12.5. The summed E-state index contributed by atoms with van der Waals surface area (Å²) in [5, 5.41) is 0. The Labute approximate surface area is 93.0 Å². The summed E-state index contributed by atoms with van der Waals surface area (Å²) in [6, 6.07) is -0.324. The van der Waals surface area contributed by atoms with Gasteiger partial charge in [0.05, 0.1) is 6.04 Å². The maximum atomic E-state index is 12.0. The van der Waals surface area contributed by atoms with Crippen molar-refractivity contribution in [1.29, 1.82) is 0 Å². The number of hydrogen-bond acceptors (Lipinski definition) is 2. The first-order valence-corrected chi connectivity index (χ1v) is 6.10. The van der Waals surface area contributed by atoms with Crippen molar-refractivity contribution in [2.75, 3.05) is 13.1 Å². The van der Waals surface area contributed by atoms with Gasteiger partial charge in [0, 0.05) is 13.1 Å². The van der Waals surface area contributed by atoms with Crippen LogP contribution in [0.2, 0.25) is 0 Å². The Morgan fingerprint density at radius 2 is 2.07 bits per heavy atom. The van der Waals surface area contributed by atoms with E-state index in [1.165, 1.54) is 12.8 Å². The van der Waals surface area contributed by atoms with Crippen molar-refractivity contribution < 1.29 is 4.79 Å². The SMILES string of the molecule is CCCN(CC1CC1)C(=O)C(N)C(C)C. The molecule has 0 bridgehead atoms. The summed E-state index contributed by atoms with van der Waals surface area (Å²) in [6.45, 7) is 7.89. The third kappa shape index (κ3) is 3.82. The lowest BCUT2D eigenvalue weighted by molar-refractivity contribution is -0.133. The van der Waals surface area contributed by atoms with Crippen LogP contribution in [0.3, 0.4) is 0 Å². The van der Waals surface area contributed by atoms with E-state index < -0.39 is 0 Å². The number of nitrogens with two attached hydrogens (primary N) is 1. The maximum Gasteiger partial charge on any atom is 0.239 e. The molecule has 1 aliphatic carbocycles. The van der Waals surface area contributed by atoms with E-state index in [9.17, 15) is 4.79 Å². The van der Waals surface area contributed by atoms with Gasteiger partial charge in [-0.25, -0.2) is 0 Å². The van der Waals surface area contributed by atoms with Gasteiger partial charge in [0.25, 0.3) is 0 Å². The molecule has 0 saturated heterocycles. The average molecular weight is 212 g/mol. The molecule has 1 atom stereocenters.